The predicted molar refractivity (Wildman–Crippen MR) is 93.8 cm³/mol. The molecule has 0 amide bonds. The molecule has 0 saturated carbocycles. The Morgan fingerprint density at radius 2 is 1.67 bits per heavy atom. The minimum atomic E-state index is -0.858. The summed E-state index contributed by atoms with van der Waals surface area (Å²) in [6.45, 7) is 3.95. The van der Waals surface area contributed by atoms with Gasteiger partial charge in [0.1, 0.15) is 29.0 Å². The van der Waals surface area contributed by atoms with Gasteiger partial charge in [-0.05, 0) is 44.2 Å². The van der Waals surface area contributed by atoms with E-state index in [9.17, 15) is 5.11 Å². The fourth-order valence-electron chi connectivity index (χ4n) is 2.90. The average Bonchev–Trinajstić information content (AvgIpc) is 2.59. The van der Waals surface area contributed by atoms with Crippen LogP contribution in [0.3, 0.4) is 0 Å². The van der Waals surface area contributed by atoms with Gasteiger partial charge in [-0.15, -0.1) is 0 Å². The first-order valence-electron chi connectivity index (χ1n) is 7.87. The number of para-hydroxylation sites is 1. The minimum absolute atomic E-state index is 0.450. The standard InChI is InChI=1S/C20H22O4/c1-20(2)12-11-14-17(23-4)10-9-15(19(14)24-20)18(21)13-7-5-6-8-16(13)22-3/h5-12,18,21H,1-4H3. The molecule has 126 valence electrons. The molecule has 1 aliphatic heterocycles. The summed E-state index contributed by atoms with van der Waals surface area (Å²) in [5.41, 5.74) is 1.77. The van der Waals surface area contributed by atoms with Gasteiger partial charge in [0.15, 0.2) is 0 Å². The second-order valence-electron chi connectivity index (χ2n) is 6.28. The van der Waals surface area contributed by atoms with Gasteiger partial charge < -0.3 is 19.3 Å². The van der Waals surface area contributed by atoms with Gasteiger partial charge in [-0.3, -0.25) is 0 Å². The molecule has 0 saturated heterocycles. The number of hydrogen-bond acceptors (Lipinski definition) is 4. The number of hydrogen-bond donors (Lipinski definition) is 1. The molecule has 0 aromatic heterocycles. The molecule has 0 fully saturated rings. The molecule has 3 rings (SSSR count). The lowest BCUT2D eigenvalue weighted by atomic mass is 9.94. The van der Waals surface area contributed by atoms with Crippen LogP contribution < -0.4 is 14.2 Å². The van der Waals surface area contributed by atoms with E-state index in [0.717, 1.165) is 5.56 Å². The van der Waals surface area contributed by atoms with Gasteiger partial charge in [-0.1, -0.05) is 18.2 Å². The normalized spacial score (nSPS) is 16.0. The number of aliphatic hydroxyl groups is 1. The summed E-state index contributed by atoms with van der Waals surface area (Å²) in [6, 6.07) is 11.1. The van der Waals surface area contributed by atoms with Crippen molar-refractivity contribution >= 4 is 6.08 Å². The molecule has 2 aromatic carbocycles. The smallest absolute Gasteiger partial charge is 0.137 e. The summed E-state index contributed by atoms with van der Waals surface area (Å²) >= 11 is 0. The van der Waals surface area contributed by atoms with Crippen molar-refractivity contribution in [1.82, 2.24) is 0 Å². The van der Waals surface area contributed by atoms with E-state index in [1.807, 2.05) is 62.4 Å². The van der Waals surface area contributed by atoms with Crippen molar-refractivity contribution in [2.75, 3.05) is 14.2 Å². The highest BCUT2D eigenvalue weighted by atomic mass is 16.5. The van der Waals surface area contributed by atoms with Crippen molar-refractivity contribution in [1.29, 1.82) is 0 Å². The lowest BCUT2D eigenvalue weighted by molar-refractivity contribution is 0.146. The first-order chi connectivity index (χ1) is 11.5. The molecule has 1 N–H and O–H groups in total. The van der Waals surface area contributed by atoms with Crippen LogP contribution in [-0.4, -0.2) is 24.9 Å². The Hall–Kier alpha value is -2.46. The second kappa shape index (κ2) is 6.21. The maximum Gasteiger partial charge on any atom is 0.137 e. The average molecular weight is 326 g/mol. The third-order valence-corrected chi connectivity index (χ3v) is 4.15. The zero-order valence-electron chi connectivity index (χ0n) is 14.4. The molecular formula is C20H22O4. The van der Waals surface area contributed by atoms with E-state index in [1.54, 1.807) is 14.2 Å². The molecule has 2 aromatic rings. The number of methoxy groups -OCH3 is 2. The number of rotatable bonds is 4. The zero-order valence-corrected chi connectivity index (χ0v) is 14.4. The molecule has 0 radical (unpaired) electrons. The van der Waals surface area contributed by atoms with Crippen LogP contribution >= 0.6 is 0 Å². The van der Waals surface area contributed by atoms with Gasteiger partial charge in [-0.2, -0.15) is 0 Å². The van der Waals surface area contributed by atoms with Crippen LogP contribution in [0.2, 0.25) is 0 Å². The van der Waals surface area contributed by atoms with Crippen LogP contribution in [0, 0.1) is 0 Å². The Morgan fingerprint density at radius 3 is 2.38 bits per heavy atom. The summed E-state index contributed by atoms with van der Waals surface area (Å²) in [4.78, 5) is 0. The maximum atomic E-state index is 11.0. The second-order valence-corrected chi connectivity index (χ2v) is 6.28. The number of aliphatic hydroxyl groups excluding tert-OH is 1. The van der Waals surface area contributed by atoms with E-state index < -0.39 is 11.7 Å². The van der Waals surface area contributed by atoms with Crippen LogP contribution in [0.25, 0.3) is 6.08 Å². The van der Waals surface area contributed by atoms with E-state index in [0.29, 0.717) is 28.4 Å². The van der Waals surface area contributed by atoms with Crippen LogP contribution in [-0.2, 0) is 0 Å². The lowest BCUT2D eigenvalue weighted by Crippen LogP contribution is -2.28. The van der Waals surface area contributed by atoms with E-state index >= 15 is 0 Å². The fraction of sp³-hybridized carbons (Fsp3) is 0.300. The molecule has 0 spiro atoms. The van der Waals surface area contributed by atoms with Gasteiger partial charge in [-0.25, -0.2) is 0 Å². The highest BCUT2D eigenvalue weighted by Crippen LogP contribution is 2.44. The molecule has 1 aliphatic rings. The topological polar surface area (TPSA) is 47.9 Å². The SMILES string of the molecule is COc1ccccc1C(O)c1ccc(OC)c2c1OC(C)(C)C=C2. The third kappa shape index (κ3) is 2.85. The number of fused-ring (bicyclic) bond motifs is 1. The summed E-state index contributed by atoms with van der Waals surface area (Å²) in [5.74, 6) is 1.99. The van der Waals surface area contributed by atoms with Gasteiger partial charge in [0.2, 0.25) is 0 Å². The molecule has 0 aliphatic carbocycles. The van der Waals surface area contributed by atoms with Gasteiger partial charge >= 0.3 is 0 Å². The molecule has 1 atom stereocenters. The van der Waals surface area contributed by atoms with Crippen LogP contribution in [0.5, 0.6) is 17.2 Å². The maximum absolute atomic E-state index is 11.0. The summed E-state index contributed by atoms with van der Waals surface area (Å²) in [7, 11) is 3.22. The quantitative estimate of drug-likeness (QED) is 0.923. The van der Waals surface area contributed by atoms with Crippen LogP contribution in [0.15, 0.2) is 42.5 Å². The van der Waals surface area contributed by atoms with E-state index in [-0.39, 0.29) is 0 Å². The highest BCUT2D eigenvalue weighted by Gasteiger charge is 2.29. The van der Waals surface area contributed by atoms with Gasteiger partial charge in [0, 0.05) is 11.1 Å². The summed E-state index contributed by atoms with van der Waals surface area (Å²) in [5, 5.41) is 11.0. The molecular weight excluding hydrogens is 304 g/mol. The first kappa shape index (κ1) is 16.4. The molecule has 1 unspecified atom stereocenters. The van der Waals surface area contributed by atoms with Crippen LogP contribution in [0.4, 0.5) is 0 Å². The van der Waals surface area contributed by atoms with Crippen molar-refractivity contribution in [3.8, 4) is 17.2 Å². The van der Waals surface area contributed by atoms with Crippen molar-refractivity contribution in [2.45, 2.75) is 25.6 Å². The summed E-state index contributed by atoms with van der Waals surface area (Å²) < 4.78 is 16.9. The van der Waals surface area contributed by atoms with Crippen molar-refractivity contribution < 1.29 is 19.3 Å². The van der Waals surface area contributed by atoms with Crippen molar-refractivity contribution in [2.24, 2.45) is 0 Å². The van der Waals surface area contributed by atoms with Crippen LogP contribution in [0.1, 0.15) is 36.6 Å². The first-order valence-corrected chi connectivity index (χ1v) is 7.87. The molecule has 1 heterocycles. The van der Waals surface area contributed by atoms with Gasteiger partial charge in [0.25, 0.3) is 0 Å². The Balaban J connectivity index is 2.14. The largest absolute Gasteiger partial charge is 0.496 e. The third-order valence-electron chi connectivity index (χ3n) is 4.15. The fourth-order valence-corrected chi connectivity index (χ4v) is 2.90. The van der Waals surface area contributed by atoms with E-state index in [2.05, 4.69) is 0 Å². The molecule has 4 nitrogen and oxygen atoms in total. The lowest BCUT2D eigenvalue weighted by Gasteiger charge is -2.31. The molecule has 24 heavy (non-hydrogen) atoms. The Labute approximate surface area is 142 Å². The van der Waals surface area contributed by atoms with Gasteiger partial charge in [0.05, 0.1) is 19.8 Å². The zero-order chi connectivity index (χ0) is 17.3. The Kier molecular flexibility index (Phi) is 4.24. The summed E-state index contributed by atoms with van der Waals surface area (Å²) in [6.07, 6.45) is 3.11. The monoisotopic (exact) mass is 326 g/mol. The minimum Gasteiger partial charge on any atom is -0.496 e. The van der Waals surface area contributed by atoms with Crippen molar-refractivity contribution in [3.63, 3.8) is 0 Å². The van der Waals surface area contributed by atoms with Crippen molar-refractivity contribution in [3.05, 3.63) is 59.2 Å². The Bertz CT molecular complexity index is 777. The van der Waals surface area contributed by atoms with E-state index in [4.69, 9.17) is 14.2 Å². The highest BCUT2D eigenvalue weighted by molar-refractivity contribution is 5.70. The number of benzene rings is 2. The van der Waals surface area contributed by atoms with E-state index in [1.165, 1.54) is 0 Å². The number of ether oxygens (including phenoxy) is 3. The molecule has 4 heteroatoms. The predicted octanol–water partition coefficient (Wildman–Crippen LogP) is 3.97. The Morgan fingerprint density at radius 1 is 0.958 bits per heavy atom. The molecule has 0 bridgehead atoms.